The molecule has 0 aromatic heterocycles. The number of imide groups is 1. The maximum Gasteiger partial charge on any atom is 0.285 e. The zero-order valence-electron chi connectivity index (χ0n) is 30.0. The van der Waals surface area contributed by atoms with Gasteiger partial charge in [-0.2, -0.15) is 0 Å². The van der Waals surface area contributed by atoms with Crippen LogP contribution in [0.25, 0.3) is 0 Å². The molecule has 0 saturated carbocycles. The van der Waals surface area contributed by atoms with Crippen molar-refractivity contribution in [1.82, 2.24) is 5.06 Å². The van der Waals surface area contributed by atoms with E-state index >= 15 is 0 Å². The summed E-state index contributed by atoms with van der Waals surface area (Å²) in [5.41, 5.74) is 4.21. The van der Waals surface area contributed by atoms with E-state index in [2.05, 4.69) is 0 Å². The van der Waals surface area contributed by atoms with Crippen molar-refractivity contribution in [2.24, 2.45) is 0 Å². The van der Waals surface area contributed by atoms with E-state index in [1.807, 2.05) is 121 Å². The highest BCUT2D eigenvalue weighted by molar-refractivity contribution is 8.13. The van der Waals surface area contributed by atoms with Crippen LogP contribution in [0.5, 0.6) is 0 Å². The fourth-order valence-corrected chi connectivity index (χ4v) is 6.71. The molecule has 1 aliphatic rings. The Morgan fingerprint density at radius 3 is 1.28 bits per heavy atom. The number of fused-ring (bicyclic) bond motifs is 1. The maximum absolute atomic E-state index is 13.4. The number of amides is 2. The number of rotatable bonds is 20. The van der Waals surface area contributed by atoms with Crippen LogP contribution < -0.4 is 0 Å². The maximum atomic E-state index is 13.4. The van der Waals surface area contributed by atoms with Gasteiger partial charge in [0, 0.05) is 12.7 Å². The second-order valence-corrected chi connectivity index (χ2v) is 13.9. The number of carbonyl (C=O) groups is 3. The van der Waals surface area contributed by atoms with Crippen molar-refractivity contribution in [2.75, 3.05) is 12.4 Å². The second kappa shape index (κ2) is 19.9. The fraction of sp³-hybridized carbons (Fsp3) is 0.250. The molecule has 10 heteroatoms. The molecule has 0 saturated heterocycles. The highest BCUT2D eigenvalue weighted by Gasteiger charge is 2.42. The van der Waals surface area contributed by atoms with Gasteiger partial charge in [0.05, 0.1) is 43.7 Å². The van der Waals surface area contributed by atoms with E-state index in [0.717, 1.165) is 39.1 Å². The van der Waals surface area contributed by atoms with Crippen LogP contribution in [-0.4, -0.2) is 58.8 Å². The van der Waals surface area contributed by atoms with Crippen LogP contribution in [-0.2, 0) is 55.0 Å². The summed E-state index contributed by atoms with van der Waals surface area (Å²) in [6.07, 6.45) is -3.29. The Hall–Kier alpha value is -4.94. The van der Waals surface area contributed by atoms with Crippen LogP contribution in [0, 0.1) is 0 Å². The van der Waals surface area contributed by atoms with Crippen LogP contribution in [0.2, 0.25) is 0 Å². The number of hydrogen-bond acceptors (Lipinski definition) is 9. The predicted octanol–water partition coefficient (Wildman–Crippen LogP) is 7.84. The molecule has 5 aromatic carbocycles. The summed E-state index contributed by atoms with van der Waals surface area (Å²) in [6, 6.07) is 45.5. The molecule has 5 aromatic rings. The lowest BCUT2D eigenvalue weighted by Crippen LogP contribution is -2.52. The Balaban J connectivity index is 1.37. The first-order chi connectivity index (χ1) is 26.5. The minimum Gasteiger partial charge on any atom is -0.370 e. The number of benzene rings is 5. The highest BCUT2D eigenvalue weighted by Crippen LogP contribution is 2.28. The average molecular weight is 746 g/mol. The second-order valence-electron chi connectivity index (χ2n) is 12.7. The number of hydrogen-bond donors (Lipinski definition) is 0. The van der Waals surface area contributed by atoms with E-state index in [4.69, 9.17) is 23.8 Å². The Kier molecular flexibility index (Phi) is 14.3. The van der Waals surface area contributed by atoms with Crippen LogP contribution in [0.15, 0.2) is 146 Å². The predicted molar refractivity (Wildman–Crippen MR) is 206 cm³/mol. The Morgan fingerprint density at radius 2 is 0.870 bits per heavy atom. The normalized spacial score (nSPS) is 14.7. The van der Waals surface area contributed by atoms with Gasteiger partial charge in [-0.3, -0.25) is 19.2 Å². The van der Waals surface area contributed by atoms with E-state index in [9.17, 15) is 14.4 Å². The third kappa shape index (κ3) is 10.8. The van der Waals surface area contributed by atoms with Gasteiger partial charge in [0.25, 0.3) is 11.8 Å². The lowest BCUT2D eigenvalue weighted by atomic mass is 10.0. The van der Waals surface area contributed by atoms with Gasteiger partial charge in [-0.15, -0.1) is 5.06 Å². The first-order valence-electron chi connectivity index (χ1n) is 17.8. The molecule has 54 heavy (non-hydrogen) atoms. The van der Waals surface area contributed by atoms with Gasteiger partial charge in [0.15, 0.2) is 5.12 Å². The van der Waals surface area contributed by atoms with Crippen molar-refractivity contribution >= 4 is 28.7 Å². The zero-order valence-corrected chi connectivity index (χ0v) is 30.8. The Bertz CT molecular complexity index is 1900. The Morgan fingerprint density at radius 1 is 0.519 bits per heavy atom. The van der Waals surface area contributed by atoms with Crippen LogP contribution in [0.3, 0.4) is 0 Å². The van der Waals surface area contributed by atoms with Crippen molar-refractivity contribution in [3.8, 4) is 0 Å². The summed E-state index contributed by atoms with van der Waals surface area (Å²) < 4.78 is 26.9. The van der Waals surface area contributed by atoms with E-state index in [1.54, 1.807) is 24.3 Å². The number of thioether (sulfide) groups is 1. The molecule has 0 bridgehead atoms. The molecule has 9 nitrogen and oxygen atoms in total. The largest absolute Gasteiger partial charge is 0.370 e. The van der Waals surface area contributed by atoms with Crippen LogP contribution in [0.4, 0.5) is 0 Å². The van der Waals surface area contributed by atoms with Crippen molar-refractivity contribution in [2.45, 2.75) is 57.8 Å². The minimum atomic E-state index is -0.899. The molecule has 4 atom stereocenters. The Labute approximate surface area is 320 Å². The van der Waals surface area contributed by atoms with E-state index < -0.39 is 36.2 Å². The zero-order chi connectivity index (χ0) is 37.5. The molecule has 0 N–H and O–H groups in total. The van der Waals surface area contributed by atoms with Gasteiger partial charge in [0.2, 0.25) is 0 Å². The van der Waals surface area contributed by atoms with E-state index in [-0.39, 0.29) is 55.0 Å². The summed E-state index contributed by atoms with van der Waals surface area (Å²) >= 11 is 1.14. The van der Waals surface area contributed by atoms with Gasteiger partial charge >= 0.3 is 0 Å². The topological polar surface area (TPSA) is 101 Å². The first kappa shape index (κ1) is 38.8. The monoisotopic (exact) mass is 745 g/mol. The SMILES string of the molecule is CC(=O)SC[C@@H](OCc1ccccc1)[C@@H](OCc1ccccc1)[C@H](OCc1ccccc1)[C@@H](CON1C(=O)c2ccccc2C1=O)OCc1ccccc1. The summed E-state index contributed by atoms with van der Waals surface area (Å²) in [7, 11) is 0. The standard InChI is InChI=1S/C44H43NO8S/c1-32(46)54-31-40(50-27-34-18-8-3-9-19-34)42(52-29-36-22-12-5-13-23-36)41(51-28-35-20-10-4-11-21-35)39(49-26-33-16-6-2-7-17-33)30-53-45-43(47)37-24-14-15-25-38(37)44(45)48/h2-25,39-42H,26-31H2,1H3/t39-,40-,41-,42-/m1/s1. The molecule has 0 aliphatic carbocycles. The molecule has 0 radical (unpaired) electrons. The third-order valence-corrected chi connectivity index (χ3v) is 9.72. The molecule has 6 rings (SSSR count). The molecule has 2 amide bonds. The van der Waals surface area contributed by atoms with Crippen molar-refractivity contribution in [3.63, 3.8) is 0 Å². The van der Waals surface area contributed by atoms with E-state index in [0.29, 0.717) is 0 Å². The number of hydroxylamine groups is 2. The van der Waals surface area contributed by atoms with Gasteiger partial charge < -0.3 is 18.9 Å². The van der Waals surface area contributed by atoms with Crippen LogP contribution in [0.1, 0.15) is 49.9 Å². The molecule has 0 fully saturated rings. The lowest BCUT2D eigenvalue weighted by molar-refractivity contribution is -0.211. The van der Waals surface area contributed by atoms with Gasteiger partial charge in [0.1, 0.15) is 24.9 Å². The van der Waals surface area contributed by atoms with Gasteiger partial charge in [-0.25, -0.2) is 0 Å². The summed E-state index contributed by atoms with van der Waals surface area (Å²) in [5.74, 6) is -0.853. The smallest absolute Gasteiger partial charge is 0.285 e. The molecule has 278 valence electrons. The van der Waals surface area contributed by atoms with Gasteiger partial charge in [-0.05, 0) is 34.4 Å². The van der Waals surface area contributed by atoms with E-state index in [1.165, 1.54) is 6.92 Å². The molecule has 1 aliphatic heterocycles. The van der Waals surface area contributed by atoms with Gasteiger partial charge in [-0.1, -0.05) is 145 Å². The number of nitrogens with zero attached hydrogens (tertiary/aromatic N) is 1. The first-order valence-corrected chi connectivity index (χ1v) is 18.8. The summed E-state index contributed by atoms with van der Waals surface area (Å²) in [6.45, 7) is 2.09. The fourth-order valence-electron chi connectivity index (χ4n) is 6.02. The summed E-state index contributed by atoms with van der Waals surface area (Å²) in [5, 5.41) is 0.713. The summed E-state index contributed by atoms with van der Waals surface area (Å²) in [4.78, 5) is 45.3. The molecule has 0 unspecified atom stereocenters. The number of ether oxygens (including phenoxy) is 4. The molecule has 0 spiro atoms. The molecular formula is C44H43NO8S. The third-order valence-electron chi connectivity index (χ3n) is 8.82. The van der Waals surface area contributed by atoms with Crippen molar-refractivity contribution < 1.29 is 38.2 Å². The lowest BCUT2D eigenvalue weighted by Gasteiger charge is -2.37. The highest BCUT2D eigenvalue weighted by atomic mass is 32.2. The molecule has 1 heterocycles. The van der Waals surface area contributed by atoms with Crippen molar-refractivity contribution in [1.29, 1.82) is 0 Å². The minimum absolute atomic E-state index is 0.0716. The average Bonchev–Trinajstić information content (AvgIpc) is 3.46. The van der Waals surface area contributed by atoms with Crippen LogP contribution >= 0.6 is 11.8 Å². The molecular weight excluding hydrogens is 703 g/mol. The quantitative estimate of drug-likeness (QED) is 0.0738. The van der Waals surface area contributed by atoms with Crippen molar-refractivity contribution in [3.05, 3.63) is 179 Å². The number of carbonyl (C=O) groups excluding carboxylic acids is 3.